The maximum Gasteiger partial charge on any atom is 2.00 e. The molecule has 0 bridgehead atoms. The Morgan fingerprint density at radius 3 is 2.29 bits per heavy atom. The van der Waals surface area contributed by atoms with Crippen LogP contribution in [0.2, 0.25) is 0 Å². The smallest absolute Gasteiger partial charge is 1.00 e. The predicted octanol–water partition coefficient (Wildman–Crippen LogP) is -2.96. The minimum absolute atomic E-state index is 0. The van der Waals surface area contributed by atoms with E-state index in [1.807, 2.05) is 0 Å². The fourth-order valence-corrected chi connectivity index (χ4v) is 0.192. The first-order valence-electron chi connectivity index (χ1n) is 1.38. The molecule has 0 saturated carbocycles. The van der Waals surface area contributed by atoms with Gasteiger partial charge in [0.25, 0.3) is 0 Å². The quantitative estimate of drug-likeness (QED) is 0.430. The molecule has 0 spiro atoms. The average molecular weight is 212 g/mol. The number of halogens is 1. The third-order valence-electron chi connectivity index (χ3n) is 0.372. The summed E-state index contributed by atoms with van der Waals surface area (Å²) in [6.45, 7) is 0. The minimum Gasteiger partial charge on any atom is -1.00 e. The van der Waals surface area contributed by atoms with Crippen LogP contribution in [0.1, 0.15) is 0 Å². The molecule has 1 heterocycles. The van der Waals surface area contributed by atoms with Gasteiger partial charge in [0, 0.05) is 6.20 Å². The maximum atomic E-state index is 3.47. The number of nitrogens with zero attached hydrogens (tertiary/aromatic N) is 2. The normalized spacial score (nSPS) is 5.71. The summed E-state index contributed by atoms with van der Waals surface area (Å²) in [4.78, 5) is 0. The SMILES string of the molecule is [Br-].[Zn+2].c1cn[n-]c1. The van der Waals surface area contributed by atoms with Crippen molar-refractivity contribution in [1.82, 2.24) is 10.2 Å². The topological polar surface area (TPSA) is 27.0 Å². The first kappa shape index (κ1) is 10.3. The molecule has 0 aliphatic carbocycles. The van der Waals surface area contributed by atoms with Crippen LogP contribution in [-0.4, -0.2) is 5.10 Å². The standard InChI is InChI=1S/C3H3N2.BrH.Zn/c1-2-4-5-3-1;;/h1-3H;1H;/q-1;;+2/p-1. The van der Waals surface area contributed by atoms with Crippen molar-refractivity contribution in [2.24, 2.45) is 0 Å². The van der Waals surface area contributed by atoms with E-state index in [0.29, 0.717) is 0 Å². The molecule has 0 aliphatic heterocycles. The van der Waals surface area contributed by atoms with Crippen LogP contribution in [0.4, 0.5) is 0 Å². The summed E-state index contributed by atoms with van der Waals surface area (Å²) >= 11 is 0. The van der Waals surface area contributed by atoms with Crippen molar-refractivity contribution < 1.29 is 36.5 Å². The zero-order valence-electron chi connectivity index (χ0n) is 3.71. The Hall–Kier alpha value is 0.313. The molecule has 1 aromatic heterocycles. The molecule has 0 aromatic carbocycles. The Kier molecular flexibility index (Phi) is 9.31. The molecular formula is C3H3BrN2Zn. The first-order chi connectivity index (χ1) is 2.50. The van der Waals surface area contributed by atoms with Gasteiger partial charge in [0.05, 0.1) is 0 Å². The fraction of sp³-hybridized carbons (Fsp3) is 0. The summed E-state index contributed by atoms with van der Waals surface area (Å²) < 4.78 is 0. The zero-order chi connectivity index (χ0) is 3.54. The Balaban J connectivity index is 0. The third-order valence-corrected chi connectivity index (χ3v) is 0.372. The second-order valence-electron chi connectivity index (χ2n) is 0.722. The molecule has 0 atom stereocenters. The van der Waals surface area contributed by atoms with Gasteiger partial charge in [-0.15, -0.1) is 0 Å². The van der Waals surface area contributed by atoms with Crippen LogP contribution >= 0.6 is 0 Å². The molecule has 0 unspecified atom stereocenters. The van der Waals surface area contributed by atoms with Crippen LogP contribution < -0.4 is 22.1 Å². The van der Waals surface area contributed by atoms with E-state index in [4.69, 9.17) is 0 Å². The van der Waals surface area contributed by atoms with Gasteiger partial charge in [-0.2, -0.15) is 6.20 Å². The van der Waals surface area contributed by atoms with Crippen molar-refractivity contribution in [3.63, 3.8) is 0 Å². The van der Waals surface area contributed by atoms with Gasteiger partial charge >= 0.3 is 19.5 Å². The largest absolute Gasteiger partial charge is 2.00 e. The minimum atomic E-state index is 0. The van der Waals surface area contributed by atoms with Crippen molar-refractivity contribution in [1.29, 1.82) is 0 Å². The van der Waals surface area contributed by atoms with Crippen molar-refractivity contribution in [2.75, 3.05) is 0 Å². The van der Waals surface area contributed by atoms with Gasteiger partial charge in [-0.05, 0) is 0 Å². The molecule has 4 heteroatoms. The van der Waals surface area contributed by atoms with E-state index in [1.165, 1.54) is 0 Å². The van der Waals surface area contributed by atoms with Gasteiger partial charge < -0.3 is 27.2 Å². The van der Waals surface area contributed by atoms with Gasteiger partial charge in [-0.1, -0.05) is 6.07 Å². The molecule has 0 fully saturated rings. The monoisotopic (exact) mass is 210 g/mol. The number of aromatic nitrogens is 2. The van der Waals surface area contributed by atoms with Gasteiger partial charge in [-0.25, -0.2) is 0 Å². The molecule has 34 valence electrons. The van der Waals surface area contributed by atoms with Crippen LogP contribution in [-0.2, 0) is 19.5 Å². The third kappa shape index (κ3) is 4.16. The number of hydrogen-bond donors (Lipinski definition) is 0. The molecule has 0 aliphatic rings. The van der Waals surface area contributed by atoms with Gasteiger partial charge in [-0.3, -0.25) is 0 Å². The zero-order valence-corrected chi connectivity index (χ0v) is 8.26. The van der Waals surface area contributed by atoms with Gasteiger partial charge in [0.1, 0.15) is 0 Å². The van der Waals surface area contributed by atoms with Crippen molar-refractivity contribution in [3.8, 4) is 0 Å². The molecule has 0 saturated heterocycles. The Morgan fingerprint density at radius 2 is 2.14 bits per heavy atom. The van der Waals surface area contributed by atoms with E-state index < -0.39 is 0 Å². The van der Waals surface area contributed by atoms with E-state index in [2.05, 4.69) is 10.2 Å². The van der Waals surface area contributed by atoms with Crippen molar-refractivity contribution in [2.45, 2.75) is 0 Å². The first-order valence-corrected chi connectivity index (χ1v) is 1.38. The summed E-state index contributed by atoms with van der Waals surface area (Å²) in [7, 11) is 0. The van der Waals surface area contributed by atoms with Crippen molar-refractivity contribution in [3.05, 3.63) is 18.5 Å². The summed E-state index contributed by atoms with van der Waals surface area (Å²) in [5.74, 6) is 0. The average Bonchev–Trinajstić information content (AvgIpc) is 1.76. The molecule has 1 aromatic rings. The van der Waals surface area contributed by atoms with Crippen molar-refractivity contribution >= 4 is 0 Å². The number of rotatable bonds is 0. The molecule has 0 radical (unpaired) electrons. The van der Waals surface area contributed by atoms with Crippen LogP contribution in [0, 0.1) is 0 Å². The molecule has 0 amide bonds. The second kappa shape index (κ2) is 6.31. The van der Waals surface area contributed by atoms with Crippen LogP contribution in [0.5, 0.6) is 0 Å². The Labute approximate surface area is 65.2 Å². The molecule has 7 heavy (non-hydrogen) atoms. The summed E-state index contributed by atoms with van der Waals surface area (Å²) in [5, 5.41) is 6.94. The van der Waals surface area contributed by atoms with E-state index in [1.54, 1.807) is 18.5 Å². The fourth-order valence-electron chi connectivity index (χ4n) is 0.192. The van der Waals surface area contributed by atoms with Crippen LogP contribution in [0.3, 0.4) is 0 Å². The Bertz CT molecular complexity index is 69.4. The summed E-state index contributed by atoms with van der Waals surface area (Å²) in [5.41, 5.74) is 0. The molecule has 2 nitrogen and oxygen atoms in total. The molecular weight excluding hydrogens is 209 g/mol. The van der Waals surface area contributed by atoms with Gasteiger partial charge in [0.15, 0.2) is 0 Å². The van der Waals surface area contributed by atoms with E-state index >= 15 is 0 Å². The second-order valence-corrected chi connectivity index (χ2v) is 0.722. The van der Waals surface area contributed by atoms with E-state index in [0.717, 1.165) is 0 Å². The van der Waals surface area contributed by atoms with E-state index in [9.17, 15) is 0 Å². The summed E-state index contributed by atoms with van der Waals surface area (Å²) in [6.07, 6.45) is 3.28. The van der Waals surface area contributed by atoms with Crippen LogP contribution in [0.15, 0.2) is 18.5 Å². The number of hydrogen-bond acceptors (Lipinski definition) is 1. The maximum absolute atomic E-state index is 3.47. The Morgan fingerprint density at radius 1 is 1.43 bits per heavy atom. The van der Waals surface area contributed by atoms with Crippen LogP contribution in [0.25, 0.3) is 0 Å². The van der Waals surface area contributed by atoms with E-state index in [-0.39, 0.29) is 36.5 Å². The predicted molar refractivity (Wildman–Crippen MR) is 17.6 cm³/mol. The summed E-state index contributed by atoms with van der Waals surface area (Å²) in [6, 6.07) is 1.78. The van der Waals surface area contributed by atoms with Gasteiger partial charge in [0.2, 0.25) is 0 Å². The molecule has 1 rings (SSSR count). The molecule has 0 N–H and O–H groups in total.